The van der Waals surface area contributed by atoms with Crippen molar-refractivity contribution in [2.24, 2.45) is 0 Å². The Hall–Kier alpha value is -1.75. The molecule has 1 N–H and O–H groups in total. The molecule has 1 aromatic carbocycles. The molecule has 0 unspecified atom stereocenters. The molecule has 0 atom stereocenters. The van der Waals surface area contributed by atoms with Crippen molar-refractivity contribution < 1.29 is 8.78 Å². The number of hydrogen-bond donors (Lipinski definition) is 1. The quantitative estimate of drug-likeness (QED) is 0.913. The van der Waals surface area contributed by atoms with E-state index in [2.05, 4.69) is 10.4 Å². The highest BCUT2D eigenvalue weighted by Crippen LogP contribution is 2.39. The molecule has 2 aromatic rings. The highest BCUT2D eigenvalue weighted by Gasteiger charge is 2.26. The molecule has 0 saturated heterocycles. The largest absolute Gasteiger partial charge is 0.310 e. The molecule has 112 valence electrons. The number of hydrogen-bond acceptors (Lipinski definition) is 2. The van der Waals surface area contributed by atoms with Gasteiger partial charge in [-0.05, 0) is 36.6 Å². The molecule has 21 heavy (non-hydrogen) atoms. The summed E-state index contributed by atoms with van der Waals surface area (Å²) in [5.74, 6) is -0.700. The van der Waals surface area contributed by atoms with E-state index >= 15 is 0 Å². The highest BCUT2D eigenvalue weighted by molar-refractivity contribution is 5.38. The maximum absolute atomic E-state index is 14.2. The third-order valence-corrected chi connectivity index (χ3v) is 3.63. The molecule has 1 aromatic heterocycles. The summed E-state index contributed by atoms with van der Waals surface area (Å²) in [5, 5.41) is 7.44. The van der Waals surface area contributed by atoms with Crippen molar-refractivity contribution in [1.29, 1.82) is 0 Å². The van der Waals surface area contributed by atoms with E-state index in [9.17, 15) is 8.78 Å². The molecule has 1 aliphatic rings. The van der Waals surface area contributed by atoms with Crippen LogP contribution in [0.5, 0.6) is 0 Å². The monoisotopic (exact) mass is 291 g/mol. The predicted molar refractivity (Wildman–Crippen MR) is 77.4 cm³/mol. The maximum Gasteiger partial charge on any atom is 0.152 e. The van der Waals surface area contributed by atoms with Gasteiger partial charge in [0.1, 0.15) is 5.69 Å². The van der Waals surface area contributed by atoms with Crippen molar-refractivity contribution in [3.05, 3.63) is 47.3 Å². The van der Waals surface area contributed by atoms with Crippen LogP contribution in [0.25, 0.3) is 5.69 Å². The number of halogens is 2. The minimum Gasteiger partial charge on any atom is -0.310 e. The molecule has 1 saturated carbocycles. The van der Waals surface area contributed by atoms with Gasteiger partial charge < -0.3 is 5.32 Å². The summed E-state index contributed by atoms with van der Waals surface area (Å²) in [4.78, 5) is 0. The molecule has 1 aliphatic carbocycles. The number of nitrogens with one attached hydrogen (secondary N) is 1. The fourth-order valence-electron chi connectivity index (χ4n) is 2.32. The van der Waals surface area contributed by atoms with E-state index in [0.717, 1.165) is 18.5 Å². The minimum atomic E-state index is -0.582. The van der Waals surface area contributed by atoms with Gasteiger partial charge in [-0.2, -0.15) is 5.10 Å². The van der Waals surface area contributed by atoms with Gasteiger partial charge in [-0.1, -0.05) is 13.8 Å². The van der Waals surface area contributed by atoms with E-state index in [1.807, 2.05) is 19.9 Å². The molecule has 3 nitrogen and oxygen atoms in total. The molecule has 0 spiro atoms. The standard InChI is InChI=1S/C16H19F2N3/c1-10(2)19-9-11-7-13(17)16(14(18)8-11)21-6-5-15(20-21)12-3-4-12/h5-8,10,12,19H,3-4,9H2,1-2H3. The molecule has 0 amide bonds. The van der Waals surface area contributed by atoms with Crippen molar-refractivity contribution in [3.63, 3.8) is 0 Å². The van der Waals surface area contributed by atoms with Gasteiger partial charge in [0, 0.05) is 24.7 Å². The first-order valence-corrected chi connectivity index (χ1v) is 7.32. The zero-order valence-electron chi connectivity index (χ0n) is 12.2. The van der Waals surface area contributed by atoms with Gasteiger partial charge in [0.2, 0.25) is 0 Å². The molecule has 0 aliphatic heterocycles. The van der Waals surface area contributed by atoms with Crippen molar-refractivity contribution in [2.75, 3.05) is 0 Å². The van der Waals surface area contributed by atoms with Crippen molar-refractivity contribution in [1.82, 2.24) is 15.1 Å². The molecule has 1 heterocycles. The Bertz CT molecular complexity index is 622. The first-order valence-electron chi connectivity index (χ1n) is 7.32. The summed E-state index contributed by atoms with van der Waals surface area (Å²) >= 11 is 0. The molecular formula is C16H19F2N3. The van der Waals surface area contributed by atoms with Crippen LogP contribution in [0.4, 0.5) is 8.78 Å². The SMILES string of the molecule is CC(C)NCc1cc(F)c(-n2ccc(C3CC3)n2)c(F)c1. The lowest BCUT2D eigenvalue weighted by molar-refractivity contribution is 0.545. The molecule has 0 bridgehead atoms. The highest BCUT2D eigenvalue weighted by atomic mass is 19.1. The third kappa shape index (κ3) is 3.13. The van der Waals surface area contributed by atoms with Gasteiger partial charge in [0.25, 0.3) is 0 Å². The van der Waals surface area contributed by atoms with Crippen LogP contribution in [0.1, 0.15) is 43.9 Å². The first kappa shape index (κ1) is 14.2. The van der Waals surface area contributed by atoms with Crippen LogP contribution in [0.15, 0.2) is 24.4 Å². The van der Waals surface area contributed by atoms with Crippen LogP contribution in [0.2, 0.25) is 0 Å². The summed E-state index contributed by atoms with van der Waals surface area (Å²) in [6.45, 7) is 4.42. The average molecular weight is 291 g/mol. The number of aromatic nitrogens is 2. The maximum atomic E-state index is 14.2. The van der Waals surface area contributed by atoms with Gasteiger partial charge in [0.05, 0.1) is 5.69 Å². The summed E-state index contributed by atoms with van der Waals surface area (Å²) < 4.78 is 29.7. The van der Waals surface area contributed by atoms with E-state index in [-0.39, 0.29) is 11.7 Å². The van der Waals surface area contributed by atoms with Crippen LogP contribution in [0, 0.1) is 11.6 Å². The van der Waals surface area contributed by atoms with Gasteiger partial charge in [0.15, 0.2) is 11.6 Å². The second kappa shape index (κ2) is 5.56. The van der Waals surface area contributed by atoms with E-state index in [4.69, 9.17) is 0 Å². The molecule has 3 rings (SSSR count). The number of nitrogens with zero attached hydrogens (tertiary/aromatic N) is 2. The van der Waals surface area contributed by atoms with E-state index in [1.54, 1.807) is 6.20 Å². The van der Waals surface area contributed by atoms with E-state index in [0.29, 0.717) is 18.0 Å². The Morgan fingerprint density at radius 1 is 1.29 bits per heavy atom. The smallest absolute Gasteiger partial charge is 0.152 e. The molecular weight excluding hydrogens is 272 g/mol. The fourth-order valence-corrected chi connectivity index (χ4v) is 2.32. The molecule has 1 fully saturated rings. The molecule has 0 radical (unpaired) electrons. The first-order chi connectivity index (χ1) is 10.0. The van der Waals surface area contributed by atoms with Gasteiger partial charge >= 0.3 is 0 Å². The number of benzene rings is 1. The topological polar surface area (TPSA) is 29.9 Å². The summed E-state index contributed by atoms with van der Waals surface area (Å²) in [6.07, 6.45) is 3.85. The Morgan fingerprint density at radius 3 is 2.52 bits per heavy atom. The summed E-state index contributed by atoms with van der Waals surface area (Å²) in [7, 11) is 0. The van der Waals surface area contributed by atoms with Crippen LogP contribution in [0.3, 0.4) is 0 Å². The van der Waals surface area contributed by atoms with Crippen molar-refractivity contribution >= 4 is 0 Å². The number of rotatable bonds is 5. The van der Waals surface area contributed by atoms with Crippen LogP contribution in [-0.4, -0.2) is 15.8 Å². The second-order valence-electron chi connectivity index (χ2n) is 5.90. The Morgan fingerprint density at radius 2 is 1.95 bits per heavy atom. The lowest BCUT2D eigenvalue weighted by Gasteiger charge is -2.11. The van der Waals surface area contributed by atoms with Crippen LogP contribution in [-0.2, 0) is 6.54 Å². The van der Waals surface area contributed by atoms with Crippen molar-refractivity contribution in [3.8, 4) is 5.69 Å². The zero-order valence-corrected chi connectivity index (χ0v) is 12.2. The Kier molecular flexibility index (Phi) is 3.76. The van der Waals surface area contributed by atoms with Gasteiger partial charge in [-0.25, -0.2) is 13.5 Å². The Balaban J connectivity index is 1.87. The summed E-state index contributed by atoms with van der Waals surface area (Å²) in [6, 6.07) is 4.84. The van der Waals surface area contributed by atoms with Gasteiger partial charge in [-0.15, -0.1) is 0 Å². The van der Waals surface area contributed by atoms with Crippen LogP contribution >= 0.6 is 0 Å². The lowest BCUT2D eigenvalue weighted by Crippen LogP contribution is -2.22. The molecule has 5 heteroatoms. The lowest BCUT2D eigenvalue weighted by atomic mass is 10.1. The van der Waals surface area contributed by atoms with Gasteiger partial charge in [-0.3, -0.25) is 0 Å². The average Bonchev–Trinajstić information content (AvgIpc) is 3.16. The summed E-state index contributed by atoms with van der Waals surface area (Å²) in [5.41, 5.74) is 1.41. The predicted octanol–water partition coefficient (Wildman–Crippen LogP) is 3.53. The minimum absolute atomic E-state index is 0.102. The van der Waals surface area contributed by atoms with E-state index < -0.39 is 11.6 Å². The fraction of sp³-hybridized carbons (Fsp3) is 0.438. The second-order valence-corrected chi connectivity index (χ2v) is 5.90. The Labute approximate surface area is 123 Å². The third-order valence-electron chi connectivity index (χ3n) is 3.63. The van der Waals surface area contributed by atoms with Crippen LogP contribution < -0.4 is 5.32 Å². The van der Waals surface area contributed by atoms with Crippen molar-refractivity contribution in [2.45, 2.75) is 45.2 Å². The zero-order chi connectivity index (χ0) is 15.0. The normalized spacial score (nSPS) is 14.9. The van der Waals surface area contributed by atoms with E-state index in [1.165, 1.54) is 16.8 Å².